The Kier molecular flexibility index (Phi) is 12.1. The lowest BCUT2D eigenvalue weighted by atomic mass is 10.3. The van der Waals surface area contributed by atoms with Crippen molar-refractivity contribution in [3.05, 3.63) is 0 Å². The van der Waals surface area contributed by atoms with Gasteiger partial charge < -0.3 is 32.7 Å². The standard InChI is InChI=1S/C11H30N6/c12-2-8-16(9-3-13)6-1-7-17(10-4-14)11-5-15/h1-15H2. The molecule has 6 heteroatoms. The minimum atomic E-state index is 0.690. The van der Waals surface area contributed by atoms with Crippen LogP contribution in [0, 0.1) is 0 Å². The molecule has 0 aromatic heterocycles. The van der Waals surface area contributed by atoms with Gasteiger partial charge in [0.1, 0.15) is 0 Å². The first-order valence-corrected chi connectivity index (χ1v) is 6.53. The van der Waals surface area contributed by atoms with Gasteiger partial charge in [-0.15, -0.1) is 0 Å². The molecule has 0 aliphatic carbocycles. The molecule has 0 aliphatic rings. The van der Waals surface area contributed by atoms with Crippen LogP contribution < -0.4 is 22.9 Å². The average molecular weight is 246 g/mol. The van der Waals surface area contributed by atoms with Crippen LogP contribution in [0.3, 0.4) is 0 Å². The van der Waals surface area contributed by atoms with E-state index in [1.54, 1.807) is 0 Å². The third kappa shape index (κ3) is 9.46. The van der Waals surface area contributed by atoms with Gasteiger partial charge in [-0.3, -0.25) is 0 Å². The Morgan fingerprint density at radius 2 is 0.765 bits per heavy atom. The summed E-state index contributed by atoms with van der Waals surface area (Å²) in [5.74, 6) is 0. The monoisotopic (exact) mass is 246 g/mol. The van der Waals surface area contributed by atoms with Gasteiger partial charge in [0.05, 0.1) is 0 Å². The van der Waals surface area contributed by atoms with Crippen LogP contribution in [0.4, 0.5) is 0 Å². The van der Waals surface area contributed by atoms with Crippen molar-refractivity contribution >= 4 is 0 Å². The highest BCUT2D eigenvalue weighted by atomic mass is 15.2. The molecule has 0 atom stereocenters. The highest BCUT2D eigenvalue weighted by molar-refractivity contribution is 4.63. The molecular formula is C11H30N6. The molecule has 0 saturated carbocycles. The maximum atomic E-state index is 5.56. The Morgan fingerprint density at radius 1 is 0.471 bits per heavy atom. The third-order valence-electron chi connectivity index (χ3n) is 2.73. The maximum Gasteiger partial charge on any atom is 0.0105 e. The summed E-state index contributed by atoms with van der Waals surface area (Å²) in [6, 6.07) is 0. The van der Waals surface area contributed by atoms with Gasteiger partial charge in [-0.2, -0.15) is 0 Å². The van der Waals surface area contributed by atoms with Crippen LogP contribution in [0.2, 0.25) is 0 Å². The smallest absolute Gasteiger partial charge is 0.0105 e. The zero-order valence-electron chi connectivity index (χ0n) is 11.0. The van der Waals surface area contributed by atoms with Crippen molar-refractivity contribution in [2.75, 3.05) is 65.4 Å². The van der Waals surface area contributed by atoms with Crippen LogP contribution in [-0.2, 0) is 0 Å². The van der Waals surface area contributed by atoms with Crippen LogP contribution in [-0.4, -0.2) is 75.2 Å². The zero-order valence-corrected chi connectivity index (χ0v) is 11.0. The summed E-state index contributed by atoms with van der Waals surface area (Å²) in [5, 5.41) is 0. The van der Waals surface area contributed by atoms with Crippen LogP contribution in [0.1, 0.15) is 6.42 Å². The highest BCUT2D eigenvalue weighted by Crippen LogP contribution is 1.94. The van der Waals surface area contributed by atoms with E-state index in [2.05, 4.69) is 9.80 Å². The predicted molar refractivity (Wildman–Crippen MR) is 73.7 cm³/mol. The number of nitrogens with zero attached hydrogens (tertiary/aromatic N) is 2. The summed E-state index contributed by atoms with van der Waals surface area (Å²) in [5.41, 5.74) is 22.2. The molecule has 0 aliphatic heterocycles. The Labute approximate surface area is 105 Å². The first kappa shape index (κ1) is 16.8. The minimum Gasteiger partial charge on any atom is -0.329 e. The summed E-state index contributed by atoms with van der Waals surface area (Å²) < 4.78 is 0. The lowest BCUT2D eigenvalue weighted by Gasteiger charge is -2.24. The van der Waals surface area contributed by atoms with E-state index in [0.717, 1.165) is 45.7 Å². The molecule has 0 heterocycles. The van der Waals surface area contributed by atoms with E-state index in [0.29, 0.717) is 26.2 Å². The van der Waals surface area contributed by atoms with Gasteiger partial charge in [-0.25, -0.2) is 0 Å². The summed E-state index contributed by atoms with van der Waals surface area (Å²) in [6.45, 7) is 8.53. The molecule has 17 heavy (non-hydrogen) atoms. The van der Waals surface area contributed by atoms with Gasteiger partial charge in [-0.05, 0) is 19.5 Å². The SMILES string of the molecule is NCCN(CCN)CCCN(CCN)CCN. The molecule has 0 spiro atoms. The molecule has 0 aromatic carbocycles. The molecule has 6 nitrogen and oxygen atoms in total. The van der Waals surface area contributed by atoms with Gasteiger partial charge >= 0.3 is 0 Å². The van der Waals surface area contributed by atoms with E-state index < -0.39 is 0 Å². The van der Waals surface area contributed by atoms with Crippen molar-refractivity contribution in [1.29, 1.82) is 0 Å². The summed E-state index contributed by atoms with van der Waals surface area (Å²) in [4.78, 5) is 4.62. The van der Waals surface area contributed by atoms with Gasteiger partial charge in [0.15, 0.2) is 0 Å². The highest BCUT2D eigenvalue weighted by Gasteiger charge is 2.05. The van der Waals surface area contributed by atoms with Crippen molar-refractivity contribution in [1.82, 2.24) is 9.80 Å². The van der Waals surface area contributed by atoms with Crippen molar-refractivity contribution in [3.8, 4) is 0 Å². The Hall–Kier alpha value is -0.240. The van der Waals surface area contributed by atoms with Gasteiger partial charge in [-0.1, -0.05) is 0 Å². The quantitative estimate of drug-likeness (QED) is 0.311. The van der Waals surface area contributed by atoms with Crippen LogP contribution in [0.15, 0.2) is 0 Å². The maximum absolute atomic E-state index is 5.56. The van der Waals surface area contributed by atoms with E-state index in [1.807, 2.05) is 0 Å². The second-order valence-corrected chi connectivity index (χ2v) is 4.19. The first-order chi connectivity index (χ1) is 8.28. The fourth-order valence-corrected chi connectivity index (χ4v) is 1.92. The average Bonchev–Trinajstić information content (AvgIpc) is 2.30. The van der Waals surface area contributed by atoms with E-state index in [9.17, 15) is 0 Å². The van der Waals surface area contributed by atoms with E-state index in [-0.39, 0.29) is 0 Å². The van der Waals surface area contributed by atoms with E-state index in [4.69, 9.17) is 22.9 Å². The summed E-state index contributed by atoms with van der Waals surface area (Å²) >= 11 is 0. The second-order valence-electron chi connectivity index (χ2n) is 4.19. The lowest BCUT2D eigenvalue weighted by Crippen LogP contribution is -2.38. The molecule has 0 bridgehead atoms. The normalized spacial score (nSPS) is 11.6. The van der Waals surface area contributed by atoms with Crippen molar-refractivity contribution in [2.45, 2.75) is 6.42 Å². The minimum absolute atomic E-state index is 0.690. The molecule has 0 rings (SSSR count). The molecule has 0 saturated heterocycles. The fourth-order valence-electron chi connectivity index (χ4n) is 1.92. The van der Waals surface area contributed by atoms with Gasteiger partial charge in [0.25, 0.3) is 0 Å². The Morgan fingerprint density at radius 3 is 1.00 bits per heavy atom. The van der Waals surface area contributed by atoms with Crippen LogP contribution in [0.25, 0.3) is 0 Å². The lowest BCUT2D eigenvalue weighted by molar-refractivity contribution is 0.238. The molecule has 0 fully saturated rings. The zero-order chi connectivity index (χ0) is 12.9. The van der Waals surface area contributed by atoms with Gasteiger partial charge in [0, 0.05) is 52.4 Å². The Balaban J connectivity index is 3.73. The van der Waals surface area contributed by atoms with E-state index in [1.165, 1.54) is 0 Å². The number of nitrogens with two attached hydrogens (primary N) is 4. The summed E-state index contributed by atoms with van der Waals surface area (Å²) in [7, 11) is 0. The Bertz CT molecular complexity index is 127. The second kappa shape index (κ2) is 12.2. The molecule has 8 N–H and O–H groups in total. The molecule has 104 valence electrons. The van der Waals surface area contributed by atoms with Crippen molar-refractivity contribution in [2.24, 2.45) is 22.9 Å². The van der Waals surface area contributed by atoms with E-state index >= 15 is 0 Å². The molecule has 0 unspecified atom stereocenters. The number of rotatable bonds is 12. The molecular weight excluding hydrogens is 216 g/mol. The topological polar surface area (TPSA) is 111 Å². The third-order valence-corrected chi connectivity index (χ3v) is 2.73. The van der Waals surface area contributed by atoms with Crippen molar-refractivity contribution < 1.29 is 0 Å². The summed E-state index contributed by atoms with van der Waals surface area (Å²) in [6.07, 6.45) is 1.11. The first-order valence-electron chi connectivity index (χ1n) is 6.53. The largest absolute Gasteiger partial charge is 0.329 e. The molecule has 0 radical (unpaired) electrons. The van der Waals surface area contributed by atoms with Crippen LogP contribution in [0.5, 0.6) is 0 Å². The van der Waals surface area contributed by atoms with Crippen LogP contribution >= 0.6 is 0 Å². The fraction of sp³-hybridized carbons (Fsp3) is 1.00. The number of hydrogen-bond acceptors (Lipinski definition) is 6. The molecule has 0 amide bonds. The van der Waals surface area contributed by atoms with Gasteiger partial charge in [0.2, 0.25) is 0 Å². The predicted octanol–water partition coefficient (Wildman–Crippen LogP) is -2.18. The van der Waals surface area contributed by atoms with Crippen molar-refractivity contribution in [3.63, 3.8) is 0 Å². The number of hydrogen-bond donors (Lipinski definition) is 4. The molecule has 0 aromatic rings.